The summed E-state index contributed by atoms with van der Waals surface area (Å²) in [6, 6.07) is 8.63. The first kappa shape index (κ1) is 43.8. The van der Waals surface area contributed by atoms with E-state index in [-0.39, 0.29) is 30.8 Å². The highest BCUT2D eigenvalue weighted by molar-refractivity contribution is 7.80. The van der Waals surface area contributed by atoms with Gasteiger partial charge >= 0.3 is 5.97 Å². The number of H-pyrrole nitrogens is 1. The molecule has 3 rings (SSSR count). The average Bonchev–Trinajstić information content (AvgIpc) is 3.56. The first-order valence-corrected chi connectivity index (χ1v) is 18.7. The molecule has 5 amide bonds. The van der Waals surface area contributed by atoms with Gasteiger partial charge in [-0.15, -0.1) is 0 Å². The molecule has 0 saturated carbocycles. The van der Waals surface area contributed by atoms with Crippen molar-refractivity contribution >= 4 is 71.7 Å². The van der Waals surface area contributed by atoms with Crippen LogP contribution in [0, 0.1) is 0 Å². The highest BCUT2D eigenvalue weighted by Crippen LogP contribution is 2.20. The van der Waals surface area contributed by atoms with E-state index in [1.165, 1.54) is 6.92 Å². The number of rotatable bonds is 22. The summed E-state index contributed by atoms with van der Waals surface area (Å²) >= 11 is 8.03. The van der Waals surface area contributed by atoms with E-state index in [1.807, 2.05) is 24.3 Å². The molecule has 12 N–H and O–H groups in total. The second-order valence-corrected chi connectivity index (χ2v) is 13.5. The van der Waals surface area contributed by atoms with Crippen molar-refractivity contribution < 1.29 is 39.0 Å². The van der Waals surface area contributed by atoms with Crippen molar-refractivity contribution in [3.8, 4) is 0 Å². The lowest BCUT2D eigenvalue weighted by Gasteiger charge is -2.28. The summed E-state index contributed by atoms with van der Waals surface area (Å²) in [6.45, 7) is 1.54. The number of carboxylic acids is 1. The molecule has 1 aromatic heterocycles. The smallest absolute Gasteiger partial charge is 0.327 e. The van der Waals surface area contributed by atoms with Gasteiger partial charge in [0.1, 0.15) is 30.2 Å². The van der Waals surface area contributed by atoms with Gasteiger partial charge in [0.2, 0.25) is 29.5 Å². The number of aliphatic carboxylic acids is 1. The minimum atomic E-state index is -1.58. The number of benzene rings is 2. The molecule has 0 fully saturated rings. The van der Waals surface area contributed by atoms with Gasteiger partial charge in [0.25, 0.3) is 0 Å². The van der Waals surface area contributed by atoms with Gasteiger partial charge < -0.3 is 53.2 Å². The summed E-state index contributed by atoms with van der Waals surface area (Å²) in [5, 5.41) is 33.3. The van der Waals surface area contributed by atoms with Crippen molar-refractivity contribution in [3.05, 3.63) is 71.9 Å². The number of carbonyl (C=O) groups is 6. The molecule has 0 bridgehead atoms. The largest absolute Gasteiger partial charge is 0.480 e. The van der Waals surface area contributed by atoms with Crippen LogP contribution in [0.15, 0.2) is 60.8 Å². The van der Waals surface area contributed by atoms with Crippen LogP contribution < -0.4 is 38.1 Å². The summed E-state index contributed by atoms with van der Waals surface area (Å²) in [6.07, 6.45) is 1.24. The second kappa shape index (κ2) is 21.9. The number of unbranched alkanes of at least 4 members (excludes halogenated alkanes) is 1. The Bertz CT molecular complexity index is 1730. The van der Waals surface area contributed by atoms with Crippen LogP contribution in [0.1, 0.15) is 37.3 Å². The number of aliphatic hydroxyl groups is 1. The Morgan fingerprint density at radius 3 is 1.91 bits per heavy atom. The molecular weight excluding hydrogens is 737 g/mol. The molecule has 3 aromatic rings. The number of aromatic amines is 1. The van der Waals surface area contributed by atoms with E-state index in [0.29, 0.717) is 24.9 Å². The molecule has 0 saturated heterocycles. The SMILES string of the molecule is CC(O)C(NC(=O)C(CCCCN)NC(=O)C(Cc1c[nH]c2ccccc12)NC(=O)C(Cc1ccccc1)NC(=O)C(N)CS)C(=O)NC(CS)C(=O)O. The van der Waals surface area contributed by atoms with E-state index < -0.39 is 77.9 Å². The van der Waals surface area contributed by atoms with Crippen LogP contribution in [0.25, 0.3) is 10.9 Å². The van der Waals surface area contributed by atoms with Crippen LogP contribution in [0.4, 0.5) is 0 Å². The maximum atomic E-state index is 14.2. The van der Waals surface area contributed by atoms with Crippen LogP contribution in [-0.4, -0.2) is 111 Å². The zero-order valence-electron chi connectivity index (χ0n) is 29.9. The molecule has 7 unspecified atom stereocenters. The normalized spacial score (nSPS) is 15.1. The number of aliphatic hydroxyl groups excluding tert-OH is 1. The molecule has 0 aliphatic carbocycles. The third kappa shape index (κ3) is 13.0. The van der Waals surface area contributed by atoms with Crippen molar-refractivity contribution in [2.24, 2.45) is 11.5 Å². The van der Waals surface area contributed by atoms with Gasteiger partial charge in [-0.1, -0.05) is 48.5 Å². The van der Waals surface area contributed by atoms with Gasteiger partial charge in [0, 0.05) is 41.4 Å². The van der Waals surface area contributed by atoms with E-state index in [0.717, 1.165) is 16.5 Å². The first-order valence-electron chi connectivity index (χ1n) is 17.5. The van der Waals surface area contributed by atoms with Crippen molar-refractivity contribution in [3.63, 3.8) is 0 Å². The molecule has 2 aromatic carbocycles. The minimum absolute atomic E-state index is 0.0254. The number of hydrogen-bond acceptors (Lipinski definition) is 11. The summed E-state index contributed by atoms with van der Waals surface area (Å²) in [5.41, 5.74) is 13.8. The number of para-hydroxylation sites is 1. The monoisotopic (exact) mass is 786 g/mol. The molecule has 7 atom stereocenters. The van der Waals surface area contributed by atoms with Crippen LogP contribution in [0.3, 0.4) is 0 Å². The summed E-state index contributed by atoms with van der Waals surface area (Å²) in [5.74, 6) is -5.46. The quantitative estimate of drug-likeness (QED) is 0.0444. The lowest BCUT2D eigenvalue weighted by Crippen LogP contribution is -2.61. The Labute approximate surface area is 324 Å². The number of aromatic nitrogens is 1. The number of nitrogens with two attached hydrogens (primary N) is 2. The van der Waals surface area contributed by atoms with E-state index in [2.05, 4.69) is 56.8 Å². The van der Waals surface area contributed by atoms with Gasteiger partial charge in [-0.3, -0.25) is 24.0 Å². The number of thiol groups is 2. The molecule has 0 spiro atoms. The molecule has 16 nitrogen and oxygen atoms in total. The predicted molar refractivity (Wildman–Crippen MR) is 210 cm³/mol. The molecule has 54 heavy (non-hydrogen) atoms. The summed E-state index contributed by atoms with van der Waals surface area (Å²) in [4.78, 5) is 82.4. The highest BCUT2D eigenvalue weighted by atomic mass is 32.1. The van der Waals surface area contributed by atoms with Crippen LogP contribution in [-0.2, 0) is 41.6 Å². The Balaban J connectivity index is 1.94. The van der Waals surface area contributed by atoms with Crippen LogP contribution in [0.2, 0.25) is 0 Å². The maximum absolute atomic E-state index is 14.2. The summed E-state index contributed by atoms with van der Waals surface area (Å²) in [7, 11) is 0. The predicted octanol–water partition coefficient (Wildman–Crippen LogP) is -0.842. The fraction of sp³-hybridized carbons (Fsp3) is 0.444. The number of fused-ring (bicyclic) bond motifs is 1. The molecular formula is C36H50N8O8S2. The first-order chi connectivity index (χ1) is 25.8. The second-order valence-electron chi connectivity index (χ2n) is 12.8. The van der Waals surface area contributed by atoms with Crippen molar-refractivity contribution in [2.45, 2.75) is 81.4 Å². The summed E-state index contributed by atoms with van der Waals surface area (Å²) < 4.78 is 0. The fourth-order valence-electron chi connectivity index (χ4n) is 5.56. The Hall–Kier alpha value is -4.62. The Morgan fingerprint density at radius 2 is 1.30 bits per heavy atom. The van der Waals surface area contributed by atoms with Gasteiger partial charge in [-0.2, -0.15) is 25.3 Å². The highest BCUT2D eigenvalue weighted by Gasteiger charge is 2.34. The third-order valence-electron chi connectivity index (χ3n) is 8.62. The van der Waals surface area contributed by atoms with E-state index in [9.17, 15) is 39.0 Å². The zero-order valence-corrected chi connectivity index (χ0v) is 31.7. The number of nitrogens with one attached hydrogen (secondary N) is 6. The molecule has 294 valence electrons. The number of hydrogen-bond donors (Lipinski definition) is 12. The topological polar surface area (TPSA) is 271 Å². The molecule has 0 radical (unpaired) electrons. The Kier molecular flexibility index (Phi) is 17.8. The van der Waals surface area contributed by atoms with E-state index in [1.54, 1.807) is 36.5 Å². The standard InChI is InChI=1S/C36H50N8O8S2/c1-20(45)30(35(50)43-29(19-54)36(51)52)44-32(47)26(13-7-8-14-37)40-34(49)28(16-22-17-39-25-12-6-5-11-23(22)25)42-33(48)27(41-31(46)24(38)18-53)15-21-9-3-2-4-10-21/h2-6,9-12,17,20,24,26-30,39,45,53-54H,7-8,13-16,18-19,37-38H2,1H3,(H,40,49)(H,41,46)(H,42,48)(H,43,50)(H,44,47)(H,51,52). The van der Waals surface area contributed by atoms with Gasteiger partial charge in [-0.05, 0) is 49.9 Å². The number of carboxylic acid groups (broad SMARTS) is 1. The molecule has 1 heterocycles. The molecule has 0 aliphatic heterocycles. The van der Waals surface area contributed by atoms with Crippen molar-refractivity contribution in [1.29, 1.82) is 0 Å². The maximum Gasteiger partial charge on any atom is 0.327 e. The average molecular weight is 787 g/mol. The van der Waals surface area contributed by atoms with Crippen LogP contribution >= 0.6 is 25.3 Å². The lowest BCUT2D eigenvalue weighted by atomic mass is 10.0. The van der Waals surface area contributed by atoms with Crippen molar-refractivity contribution in [1.82, 2.24) is 31.6 Å². The number of carbonyl (C=O) groups excluding carboxylic acids is 5. The minimum Gasteiger partial charge on any atom is -0.480 e. The van der Waals surface area contributed by atoms with Crippen molar-refractivity contribution in [2.75, 3.05) is 18.1 Å². The van der Waals surface area contributed by atoms with E-state index >= 15 is 0 Å². The fourth-order valence-corrected chi connectivity index (χ4v) is 5.98. The third-order valence-corrected chi connectivity index (χ3v) is 9.38. The molecule has 18 heteroatoms. The Morgan fingerprint density at radius 1 is 0.722 bits per heavy atom. The van der Waals surface area contributed by atoms with Gasteiger partial charge in [0.05, 0.1) is 12.1 Å². The zero-order chi connectivity index (χ0) is 39.8. The number of amides is 5. The van der Waals surface area contributed by atoms with E-state index in [4.69, 9.17) is 11.5 Å². The van der Waals surface area contributed by atoms with Gasteiger partial charge in [0.15, 0.2) is 0 Å². The molecule has 0 aliphatic rings. The van der Waals surface area contributed by atoms with Crippen LogP contribution in [0.5, 0.6) is 0 Å². The lowest BCUT2D eigenvalue weighted by molar-refractivity contribution is -0.142. The van der Waals surface area contributed by atoms with Gasteiger partial charge in [-0.25, -0.2) is 4.79 Å².